The number of fused-ring (bicyclic) bond motifs is 2. The van der Waals surface area contributed by atoms with Gasteiger partial charge in [-0.25, -0.2) is 4.79 Å². The number of aromatic amines is 2. The standard InChI is InChI=1S/C24H26N2O2/c27-24(28)23-19-13-7-6-12-18(19)22(26-23)20(15-8-2-1-3-9-15)21-17-11-5-4-10-16(17)14-25-21/h1-3,8-9,14,20,25-26H,4-7,10-13H2,(H,27,28). The Kier molecular flexibility index (Phi) is 4.34. The topological polar surface area (TPSA) is 68.9 Å². The maximum absolute atomic E-state index is 11.9. The van der Waals surface area contributed by atoms with Crippen molar-refractivity contribution in [3.8, 4) is 0 Å². The van der Waals surface area contributed by atoms with Crippen molar-refractivity contribution in [2.45, 2.75) is 57.3 Å². The number of carboxylic acid groups (broad SMARTS) is 1. The average Bonchev–Trinajstić information content (AvgIpc) is 3.32. The number of aromatic nitrogens is 2. The zero-order valence-corrected chi connectivity index (χ0v) is 16.1. The molecule has 0 amide bonds. The number of aromatic carboxylic acids is 1. The van der Waals surface area contributed by atoms with E-state index in [1.54, 1.807) is 0 Å². The van der Waals surface area contributed by atoms with Crippen LogP contribution in [0.15, 0.2) is 36.5 Å². The van der Waals surface area contributed by atoms with Crippen molar-refractivity contribution in [2.24, 2.45) is 0 Å². The summed E-state index contributed by atoms with van der Waals surface area (Å²) < 4.78 is 0. The number of hydrogen-bond acceptors (Lipinski definition) is 1. The normalized spacial score (nSPS) is 17.0. The third-order valence-corrected chi connectivity index (χ3v) is 6.52. The first-order chi connectivity index (χ1) is 13.7. The Labute approximate surface area is 165 Å². The molecule has 4 heteroatoms. The highest BCUT2D eigenvalue weighted by molar-refractivity contribution is 5.88. The Balaban J connectivity index is 1.73. The molecular weight excluding hydrogens is 348 g/mol. The van der Waals surface area contributed by atoms with Gasteiger partial charge in [-0.1, -0.05) is 30.3 Å². The summed E-state index contributed by atoms with van der Waals surface area (Å²) in [6.07, 6.45) is 10.9. The van der Waals surface area contributed by atoms with Crippen LogP contribution in [0.1, 0.15) is 81.3 Å². The molecule has 0 saturated heterocycles. The summed E-state index contributed by atoms with van der Waals surface area (Å²) in [6, 6.07) is 10.5. The van der Waals surface area contributed by atoms with Gasteiger partial charge < -0.3 is 15.1 Å². The lowest BCUT2D eigenvalue weighted by atomic mass is 9.82. The number of H-pyrrole nitrogens is 2. The number of benzene rings is 1. The summed E-state index contributed by atoms with van der Waals surface area (Å²) in [6.45, 7) is 0. The predicted octanol–water partition coefficient (Wildman–Crippen LogP) is 4.98. The summed E-state index contributed by atoms with van der Waals surface area (Å²) >= 11 is 0. The second-order valence-corrected chi connectivity index (χ2v) is 8.14. The number of aryl methyl sites for hydroxylation is 1. The Morgan fingerprint density at radius 1 is 0.857 bits per heavy atom. The van der Waals surface area contributed by atoms with E-state index >= 15 is 0 Å². The molecule has 144 valence electrons. The molecule has 3 N–H and O–H groups in total. The number of nitrogens with one attached hydrogen (secondary N) is 2. The summed E-state index contributed by atoms with van der Waals surface area (Å²) in [5, 5.41) is 9.79. The Bertz CT molecular complexity index is 1010. The van der Waals surface area contributed by atoms with Gasteiger partial charge in [0.2, 0.25) is 0 Å². The second kappa shape index (κ2) is 7.01. The van der Waals surface area contributed by atoms with Gasteiger partial charge in [-0.15, -0.1) is 0 Å². The van der Waals surface area contributed by atoms with E-state index in [9.17, 15) is 9.90 Å². The molecule has 0 saturated carbocycles. The molecule has 0 aliphatic heterocycles. The first-order valence-electron chi connectivity index (χ1n) is 10.4. The van der Waals surface area contributed by atoms with Crippen LogP contribution < -0.4 is 0 Å². The molecule has 0 radical (unpaired) electrons. The van der Waals surface area contributed by atoms with Crippen LogP contribution in [0.4, 0.5) is 0 Å². The summed E-state index contributed by atoms with van der Waals surface area (Å²) in [5.74, 6) is -0.812. The molecule has 1 atom stereocenters. The monoisotopic (exact) mass is 374 g/mol. The van der Waals surface area contributed by atoms with Gasteiger partial charge in [-0.2, -0.15) is 0 Å². The minimum absolute atomic E-state index is 0.0306. The van der Waals surface area contributed by atoms with Crippen molar-refractivity contribution in [2.75, 3.05) is 0 Å². The Hall–Kier alpha value is -2.75. The van der Waals surface area contributed by atoms with Crippen LogP contribution in [0, 0.1) is 0 Å². The summed E-state index contributed by atoms with van der Waals surface area (Å²) in [7, 11) is 0. The van der Waals surface area contributed by atoms with E-state index in [4.69, 9.17) is 0 Å². The highest BCUT2D eigenvalue weighted by Gasteiger charge is 2.32. The first kappa shape index (κ1) is 17.4. The SMILES string of the molecule is O=C(O)c1[nH]c(C(c2ccccc2)c2[nH]cc3c2CCCC3)c2c1CCCC2. The van der Waals surface area contributed by atoms with Crippen molar-refractivity contribution in [1.29, 1.82) is 0 Å². The van der Waals surface area contributed by atoms with Crippen LogP contribution in [-0.4, -0.2) is 21.0 Å². The lowest BCUT2D eigenvalue weighted by Gasteiger charge is -2.23. The molecular formula is C24H26N2O2. The van der Waals surface area contributed by atoms with Gasteiger partial charge in [0.25, 0.3) is 0 Å². The van der Waals surface area contributed by atoms with E-state index in [1.807, 2.05) is 6.07 Å². The van der Waals surface area contributed by atoms with Gasteiger partial charge in [-0.3, -0.25) is 0 Å². The van der Waals surface area contributed by atoms with Crippen molar-refractivity contribution in [3.05, 3.63) is 81.4 Å². The van der Waals surface area contributed by atoms with Crippen molar-refractivity contribution in [3.63, 3.8) is 0 Å². The van der Waals surface area contributed by atoms with E-state index in [1.165, 1.54) is 40.8 Å². The molecule has 2 aromatic heterocycles. The molecule has 0 bridgehead atoms. The fourth-order valence-electron chi connectivity index (χ4n) is 5.22. The van der Waals surface area contributed by atoms with Crippen LogP contribution in [0.25, 0.3) is 0 Å². The van der Waals surface area contributed by atoms with E-state index in [2.05, 4.69) is 40.4 Å². The van der Waals surface area contributed by atoms with E-state index in [-0.39, 0.29) is 5.92 Å². The minimum atomic E-state index is -0.843. The third kappa shape index (κ3) is 2.79. The van der Waals surface area contributed by atoms with Crippen LogP contribution in [0.3, 0.4) is 0 Å². The van der Waals surface area contributed by atoms with Gasteiger partial charge in [-0.05, 0) is 79.2 Å². The van der Waals surface area contributed by atoms with Crippen molar-refractivity contribution < 1.29 is 9.90 Å². The average molecular weight is 374 g/mol. The van der Waals surface area contributed by atoms with Gasteiger partial charge >= 0.3 is 5.97 Å². The zero-order chi connectivity index (χ0) is 19.1. The van der Waals surface area contributed by atoms with Crippen molar-refractivity contribution in [1.82, 2.24) is 9.97 Å². The molecule has 1 aromatic carbocycles. The van der Waals surface area contributed by atoms with Crippen LogP contribution in [-0.2, 0) is 25.7 Å². The number of carbonyl (C=O) groups is 1. The molecule has 2 aliphatic rings. The lowest BCUT2D eigenvalue weighted by molar-refractivity contribution is 0.0689. The summed E-state index contributed by atoms with van der Waals surface area (Å²) in [4.78, 5) is 18.9. The maximum Gasteiger partial charge on any atom is 0.352 e. The molecule has 0 fully saturated rings. The highest BCUT2D eigenvalue weighted by atomic mass is 16.4. The zero-order valence-electron chi connectivity index (χ0n) is 16.1. The van der Waals surface area contributed by atoms with E-state index in [0.717, 1.165) is 49.8 Å². The third-order valence-electron chi connectivity index (χ3n) is 6.52. The summed E-state index contributed by atoms with van der Waals surface area (Å²) in [5.41, 5.74) is 9.06. The van der Waals surface area contributed by atoms with Crippen molar-refractivity contribution >= 4 is 5.97 Å². The molecule has 4 nitrogen and oxygen atoms in total. The second-order valence-electron chi connectivity index (χ2n) is 8.14. The quantitative estimate of drug-likeness (QED) is 0.603. The molecule has 0 spiro atoms. The van der Waals surface area contributed by atoms with E-state index < -0.39 is 5.97 Å². The van der Waals surface area contributed by atoms with Crippen LogP contribution in [0.2, 0.25) is 0 Å². The number of rotatable bonds is 4. The minimum Gasteiger partial charge on any atom is -0.477 e. The first-order valence-corrected chi connectivity index (χ1v) is 10.4. The molecule has 1 unspecified atom stereocenters. The number of carboxylic acids is 1. The molecule has 3 aromatic rings. The Morgan fingerprint density at radius 3 is 2.29 bits per heavy atom. The highest BCUT2D eigenvalue weighted by Crippen LogP contribution is 2.41. The molecule has 5 rings (SSSR count). The maximum atomic E-state index is 11.9. The Morgan fingerprint density at radius 2 is 1.54 bits per heavy atom. The molecule has 2 heterocycles. The van der Waals surface area contributed by atoms with Crippen LogP contribution in [0.5, 0.6) is 0 Å². The fraction of sp³-hybridized carbons (Fsp3) is 0.375. The largest absolute Gasteiger partial charge is 0.477 e. The van der Waals surface area contributed by atoms with E-state index in [0.29, 0.717) is 5.69 Å². The fourth-order valence-corrected chi connectivity index (χ4v) is 5.22. The van der Waals surface area contributed by atoms with Crippen LogP contribution >= 0.6 is 0 Å². The van der Waals surface area contributed by atoms with Gasteiger partial charge in [0.15, 0.2) is 0 Å². The van der Waals surface area contributed by atoms with Gasteiger partial charge in [0.1, 0.15) is 5.69 Å². The smallest absolute Gasteiger partial charge is 0.352 e. The molecule has 2 aliphatic carbocycles. The lowest BCUT2D eigenvalue weighted by Crippen LogP contribution is -2.12. The van der Waals surface area contributed by atoms with Gasteiger partial charge in [0, 0.05) is 17.6 Å². The predicted molar refractivity (Wildman–Crippen MR) is 109 cm³/mol. The molecule has 28 heavy (non-hydrogen) atoms. The number of hydrogen-bond donors (Lipinski definition) is 3. The van der Waals surface area contributed by atoms with Gasteiger partial charge in [0.05, 0.1) is 5.92 Å².